The van der Waals surface area contributed by atoms with Gasteiger partial charge in [-0.05, 0) is 25.7 Å². The molecule has 0 fully saturated rings. The van der Waals surface area contributed by atoms with Crippen molar-refractivity contribution in [2.75, 3.05) is 26.6 Å². The normalized spacial score (nSPS) is 24.8. The molecule has 5 nitrogen and oxygen atoms in total. The number of thioether (sulfide) groups is 1. The van der Waals surface area contributed by atoms with Gasteiger partial charge in [-0.15, -0.1) is 0 Å². The third-order valence-electron chi connectivity index (χ3n) is 3.79. The molecule has 0 saturated carbocycles. The van der Waals surface area contributed by atoms with Crippen molar-refractivity contribution in [2.24, 2.45) is 4.99 Å². The fourth-order valence-corrected chi connectivity index (χ4v) is 3.65. The van der Waals surface area contributed by atoms with Crippen LogP contribution in [0.5, 0.6) is 0 Å². The number of aliphatic imine (C=N–C) groups is 1. The molecule has 3 heterocycles. The third kappa shape index (κ3) is 1.94. The SMILES string of the molecule is CCN1C=C(C)C(SC)C2=C1N1CN(OC)C=C1C=N2. The maximum absolute atomic E-state index is 5.32. The lowest BCUT2D eigenvalue weighted by molar-refractivity contribution is -0.0967. The summed E-state index contributed by atoms with van der Waals surface area (Å²) in [6.07, 6.45) is 8.31. The summed E-state index contributed by atoms with van der Waals surface area (Å²) in [6, 6.07) is 0. The molecule has 0 aromatic rings. The third-order valence-corrected chi connectivity index (χ3v) is 4.86. The molecular weight excluding hydrogens is 272 g/mol. The fraction of sp³-hybridized carbons (Fsp3) is 0.500. The van der Waals surface area contributed by atoms with Crippen LogP contribution < -0.4 is 0 Å². The first-order valence-corrected chi connectivity index (χ1v) is 8.04. The largest absolute Gasteiger partial charge is 0.333 e. The molecule has 0 N–H and O–H groups in total. The summed E-state index contributed by atoms with van der Waals surface area (Å²) in [5, 5.41) is 2.16. The molecule has 0 aromatic carbocycles. The molecule has 0 radical (unpaired) electrons. The van der Waals surface area contributed by atoms with E-state index in [2.05, 4.69) is 36.1 Å². The molecule has 6 heteroatoms. The van der Waals surface area contributed by atoms with Crippen molar-refractivity contribution in [3.8, 4) is 0 Å². The van der Waals surface area contributed by atoms with Gasteiger partial charge in [0.1, 0.15) is 12.5 Å². The van der Waals surface area contributed by atoms with Crippen molar-refractivity contribution in [3.63, 3.8) is 0 Å². The van der Waals surface area contributed by atoms with E-state index in [4.69, 9.17) is 9.83 Å². The molecule has 3 aliphatic heterocycles. The second-order valence-electron chi connectivity index (χ2n) is 4.96. The highest BCUT2D eigenvalue weighted by molar-refractivity contribution is 7.99. The van der Waals surface area contributed by atoms with Gasteiger partial charge in [0.25, 0.3) is 0 Å². The van der Waals surface area contributed by atoms with Gasteiger partial charge in [-0.25, -0.2) is 5.06 Å². The van der Waals surface area contributed by atoms with Gasteiger partial charge < -0.3 is 9.80 Å². The molecule has 0 amide bonds. The molecular formula is C14H20N4OS. The van der Waals surface area contributed by atoms with Crippen LogP contribution in [0.1, 0.15) is 13.8 Å². The molecule has 1 unspecified atom stereocenters. The van der Waals surface area contributed by atoms with Crippen LogP contribution in [0.2, 0.25) is 0 Å². The maximum Gasteiger partial charge on any atom is 0.138 e. The van der Waals surface area contributed by atoms with E-state index in [9.17, 15) is 0 Å². The Morgan fingerprint density at radius 3 is 2.90 bits per heavy atom. The minimum Gasteiger partial charge on any atom is -0.333 e. The Labute approximate surface area is 124 Å². The quantitative estimate of drug-likeness (QED) is 0.796. The van der Waals surface area contributed by atoms with Gasteiger partial charge in [0.15, 0.2) is 0 Å². The van der Waals surface area contributed by atoms with E-state index in [1.165, 1.54) is 11.4 Å². The Kier molecular flexibility index (Phi) is 3.52. The highest BCUT2D eigenvalue weighted by Crippen LogP contribution is 2.39. The summed E-state index contributed by atoms with van der Waals surface area (Å²) in [5.74, 6) is 1.19. The van der Waals surface area contributed by atoms with E-state index < -0.39 is 0 Å². The van der Waals surface area contributed by atoms with E-state index in [0.29, 0.717) is 11.9 Å². The number of hydrogen-bond acceptors (Lipinski definition) is 6. The number of allylic oxidation sites excluding steroid dienone is 1. The monoisotopic (exact) mass is 292 g/mol. The number of rotatable bonds is 3. The predicted octanol–water partition coefficient (Wildman–Crippen LogP) is 2.19. The molecule has 0 aliphatic carbocycles. The Morgan fingerprint density at radius 2 is 2.25 bits per heavy atom. The Bertz CT molecular complexity index is 537. The zero-order valence-corrected chi connectivity index (χ0v) is 13.1. The van der Waals surface area contributed by atoms with Crippen LogP contribution in [-0.4, -0.2) is 52.9 Å². The van der Waals surface area contributed by atoms with Crippen molar-refractivity contribution in [1.29, 1.82) is 0 Å². The Balaban J connectivity index is 2.03. The first kappa shape index (κ1) is 13.6. The van der Waals surface area contributed by atoms with Gasteiger partial charge in [-0.1, -0.05) is 0 Å². The van der Waals surface area contributed by atoms with Gasteiger partial charge in [-0.3, -0.25) is 9.83 Å². The average molecular weight is 292 g/mol. The smallest absolute Gasteiger partial charge is 0.138 e. The second kappa shape index (κ2) is 5.18. The number of nitrogens with zero attached hydrogens (tertiary/aromatic N) is 4. The maximum atomic E-state index is 5.32. The van der Waals surface area contributed by atoms with Gasteiger partial charge in [0.2, 0.25) is 0 Å². The summed E-state index contributed by atoms with van der Waals surface area (Å²) in [6.45, 7) is 5.99. The molecule has 0 bridgehead atoms. The van der Waals surface area contributed by atoms with Crippen molar-refractivity contribution in [2.45, 2.75) is 19.1 Å². The summed E-state index contributed by atoms with van der Waals surface area (Å²) in [4.78, 5) is 14.6. The second-order valence-corrected chi connectivity index (χ2v) is 5.91. The first-order chi connectivity index (χ1) is 9.69. The Hall–Kier alpha value is -1.40. The van der Waals surface area contributed by atoms with E-state index in [-0.39, 0.29) is 0 Å². The van der Waals surface area contributed by atoms with Crippen molar-refractivity contribution < 1.29 is 4.84 Å². The van der Waals surface area contributed by atoms with Crippen molar-refractivity contribution in [1.82, 2.24) is 14.9 Å². The van der Waals surface area contributed by atoms with Gasteiger partial charge in [0.05, 0.1) is 36.2 Å². The lowest BCUT2D eigenvalue weighted by atomic mass is 10.1. The molecule has 0 spiro atoms. The average Bonchev–Trinajstić information content (AvgIpc) is 2.89. The van der Waals surface area contributed by atoms with Crippen LogP contribution in [-0.2, 0) is 4.84 Å². The van der Waals surface area contributed by atoms with Gasteiger partial charge in [-0.2, -0.15) is 11.8 Å². The van der Waals surface area contributed by atoms with E-state index in [0.717, 1.165) is 17.9 Å². The van der Waals surface area contributed by atoms with E-state index >= 15 is 0 Å². The van der Waals surface area contributed by atoms with Crippen molar-refractivity contribution >= 4 is 18.0 Å². The molecule has 20 heavy (non-hydrogen) atoms. The number of fused-ring (bicyclic) bond motifs is 2. The summed E-state index contributed by atoms with van der Waals surface area (Å²) >= 11 is 1.84. The molecule has 0 aromatic heterocycles. The number of hydroxylamine groups is 2. The van der Waals surface area contributed by atoms with Crippen LogP contribution in [0.4, 0.5) is 0 Å². The van der Waals surface area contributed by atoms with Crippen molar-refractivity contribution in [3.05, 3.63) is 35.2 Å². The zero-order valence-electron chi connectivity index (χ0n) is 12.3. The summed E-state index contributed by atoms with van der Waals surface area (Å²) in [5.41, 5.74) is 3.58. The molecule has 0 saturated heterocycles. The molecule has 108 valence electrons. The highest BCUT2D eigenvalue weighted by Gasteiger charge is 2.36. The fourth-order valence-electron chi connectivity index (χ4n) is 2.83. The van der Waals surface area contributed by atoms with Crippen LogP contribution in [0.25, 0.3) is 0 Å². The highest BCUT2D eigenvalue weighted by atomic mass is 32.2. The van der Waals surface area contributed by atoms with Crippen LogP contribution in [0.15, 0.2) is 40.2 Å². The van der Waals surface area contributed by atoms with Crippen LogP contribution >= 0.6 is 11.8 Å². The standard InChI is InChI=1S/C14H20N4OS/c1-5-16-7-10(2)13(20-4)12-14(16)18-9-17(19-3)8-11(18)6-15-12/h6-8,13H,5,9H2,1-4H3. The van der Waals surface area contributed by atoms with Crippen LogP contribution in [0.3, 0.4) is 0 Å². The minimum absolute atomic E-state index is 0.335. The number of hydrogen-bond donors (Lipinski definition) is 0. The van der Waals surface area contributed by atoms with E-state index in [1.807, 2.05) is 29.2 Å². The topological polar surface area (TPSA) is 31.3 Å². The van der Waals surface area contributed by atoms with E-state index in [1.54, 1.807) is 7.11 Å². The molecule has 3 aliphatic rings. The lowest BCUT2D eigenvalue weighted by Gasteiger charge is -2.39. The lowest BCUT2D eigenvalue weighted by Crippen LogP contribution is -2.40. The minimum atomic E-state index is 0.335. The molecule has 3 rings (SSSR count). The predicted molar refractivity (Wildman–Crippen MR) is 82.6 cm³/mol. The van der Waals surface area contributed by atoms with Gasteiger partial charge in [0, 0.05) is 12.7 Å². The summed E-state index contributed by atoms with van der Waals surface area (Å²) in [7, 11) is 1.69. The van der Waals surface area contributed by atoms with Gasteiger partial charge >= 0.3 is 0 Å². The first-order valence-electron chi connectivity index (χ1n) is 6.75. The van der Waals surface area contributed by atoms with Crippen LogP contribution in [0, 0.1) is 0 Å². The summed E-state index contributed by atoms with van der Waals surface area (Å²) < 4.78 is 0. The molecule has 1 atom stereocenters. The zero-order chi connectivity index (χ0) is 14.3. The Morgan fingerprint density at radius 1 is 1.45 bits per heavy atom.